The van der Waals surface area contributed by atoms with Crippen LogP contribution >= 0.6 is 11.6 Å². The lowest BCUT2D eigenvalue weighted by atomic mass is 9.33. The number of rotatable bonds is 5. The van der Waals surface area contributed by atoms with Gasteiger partial charge in [-0.05, 0) is 132 Å². The molecule has 0 spiro atoms. The smallest absolute Gasteiger partial charge is 0.303 e. The standard InChI is InChI=1S/C40H53ClN2O5/c1-22(2)31-27(45)21-40(33(47-23(3)44)35-43-42-34(48-35)24-9-11-25(41)12-10-24)20-19-38(7)26(32(31)40)13-14-29-37(6)17-16-30(46)36(4,5)28(37)15-18-39(29,38)8/h9-12,22,26,28-30,33,46H,13-21H2,1-8H3/t26?,28-,29+,30-,33-,37-,38+,39+,40+/m0/s1. The minimum absolute atomic E-state index is 0.0430. The van der Waals surface area contributed by atoms with Gasteiger partial charge in [-0.2, -0.15) is 0 Å². The van der Waals surface area contributed by atoms with Crippen LogP contribution in [0.25, 0.3) is 11.5 Å². The number of aromatic nitrogens is 2. The fourth-order valence-electron chi connectivity index (χ4n) is 12.6. The number of esters is 1. The molecule has 1 unspecified atom stereocenters. The molecule has 1 aromatic carbocycles. The van der Waals surface area contributed by atoms with Crippen LogP contribution in [-0.2, 0) is 14.3 Å². The molecule has 2 aromatic rings. The van der Waals surface area contributed by atoms with Gasteiger partial charge < -0.3 is 14.3 Å². The highest BCUT2D eigenvalue weighted by atomic mass is 35.5. The molecule has 8 heteroatoms. The maximum Gasteiger partial charge on any atom is 0.303 e. The van der Waals surface area contributed by atoms with Gasteiger partial charge in [0.25, 0.3) is 5.89 Å². The first kappa shape index (κ1) is 34.0. The Hall–Kier alpha value is -2.51. The number of aliphatic hydroxyl groups excluding tert-OH is 1. The van der Waals surface area contributed by atoms with E-state index in [0.717, 1.165) is 56.1 Å². The van der Waals surface area contributed by atoms with Crippen LogP contribution in [0.1, 0.15) is 125 Å². The van der Waals surface area contributed by atoms with Gasteiger partial charge in [0.2, 0.25) is 5.89 Å². The Morgan fingerprint density at radius 1 is 0.938 bits per heavy atom. The third-order valence-corrected chi connectivity index (χ3v) is 15.3. The summed E-state index contributed by atoms with van der Waals surface area (Å²) in [4.78, 5) is 27.1. The molecule has 7 nitrogen and oxygen atoms in total. The predicted octanol–water partition coefficient (Wildman–Crippen LogP) is 9.34. The molecule has 1 heterocycles. The number of hydrogen-bond donors (Lipinski definition) is 1. The summed E-state index contributed by atoms with van der Waals surface area (Å²) in [5.74, 6) is 1.53. The second-order valence-electron chi connectivity index (χ2n) is 17.7. The predicted molar refractivity (Wildman–Crippen MR) is 185 cm³/mol. The molecule has 260 valence electrons. The van der Waals surface area contributed by atoms with Crippen LogP contribution < -0.4 is 0 Å². The number of fused-ring (bicyclic) bond motifs is 7. The van der Waals surface area contributed by atoms with E-state index in [1.54, 1.807) is 12.1 Å². The minimum Gasteiger partial charge on any atom is -0.451 e. The van der Waals surface area contributed by atoms with Crippen molar-refractivity contribution < 1.29 is 23.8 Å². The maximum atomic E-state index is 14.2. The molecule has 0 radical (unpaired) electrons. The van der Waals surface area contributed by atoms with Gasteiger partial charge in [-0.1, -0.05) is 60.1 Å². The first-order valence-electron chi connectivity index (χ1n) is 18.2. The molecule has 5 aliphatic rings. The molecule has 0 bridgehead atoms. The van der Waals surface area contributed by atoms with Crippen molar-refractivity contribution >= 4 is 23.4 Å². The van der Waals surface area contributed by atoms with E-state index >= 15 is 0 Å². The van der Waals surface area contributed by atoms with E-state index in [4.69, 9.17) is 20.8 Å². The van der Waals surface area contributed by atoms with E-state index in [9.17, 15) is 14.7 Å². The van der Waals surface area contributed by atoms with Crippen molar-refractivity contribution in [2.45, 2.75) is 125 Å². The van der Waals surface area contributed by atoms with Crippen molar-refractivity contribution in [2.24, 2.45) is 50.7 Å². The molecular weight excluding hydrogens is 624 g/mol. The van der Waals surface area contributed by atoms with E-state index in [0.29, 0.717) is 29.2 Å². The second-order valence-corrected chi connectivity index (χ2v) is 18.1. The fourth-order valence-corrected chi connectivity index (χ4v) is 12.7. The molecule has 0 amide bonds. The molecule has 5 aliphatic carbocycles. The number of carbonyl (C=O) groups is 2. The van der Waals surface area contributed by atoms with Crippen LogP contribution in [0.3, 0.4) is 0 Å². The molecule has 1 N–H and O–H groups in total. The van der Waals surface area contributed by atoms with E-state index in [2.05, 4.69) is 58.7 Å². The molecule has 7 rings (SSSR count). The van der Waals surface area contributed by atoms with Crippen molar-refractivity contribution in [3.05, 3.63) is 46.3 Å². The van der Waals surface area contributed by atoms with Crippen LogP contribution in [0.4, 0.5) is 0 Å². The zero-order valence-electron chi connectivity index (χ0n) is 30.0. The highest BCUT2D eigenvalue weighted by Gasteiger charge is 2.71. The normalized spacial score (nSPS) is 39.4. The fraction of sp³-hybridized carbons (Fsp3) is 0.700. The maximum absolute atomic E-state index is 14.2. The Kier molecular flexibility index (Phi) is 7.96. The Balaban J connectivity index is 1.33. The Labute approximate surface area is 290 Å². The monoisotopic (exact) mass is 676 g/mol. The molecule has 0 aliphatic heterocycles. The van der Waals surface area contributed by atoms with E-state index in [1.807, 2.05) is 12.1 Å². The van der Waals surface area contributed by atoms with Crippen LogP contribution in [0.2, 0.25) is 5.02 Å². The van der Waals surface area contributed by atoms with Gasteiger partial charge in [-0.25, -0.2) is 0 Å². The number of ketones is 1. The number of aliphatic hydroxyl groups is 1. The second kappa shape index (κ2) is 11.2. The topological polar surface area (TPSA) is 103 Å². The summed E-state index contributed by atoms with van der Waals surface area (Å²) in [5, 5.41) is 20.6. The van der Waals surface area contributed by atoms with Crippen molar-refractivity contribution in [2.75, 3.05) is 0 Å². The summed E-state index contributed by atoms with van der Waals surface area (Å²) in [6, 6.07) is 7.21. The molecule has 0 saturated heterocycles. The molecule has 1 aromatic heterocycles. The largest absolute Gasteiger partial charge is 0.451 e. The molecule has 4 fully saturated rings. The first-order chi connectivity index (χ1) is 22.5. The van der Waals surface area contributed by atoms with Gasteiger partial charge in [-0.15, -0.1) is 10.2 Å². The average Bonchev–Trinajstić information content (AvgIpc) is 3.62. The van der Waals surface area contributed by atoms with Crippen LogP contribution in [-0.4, -0.2) is 33.2 Å². The minimum atomic E-state index is -0.859. The Morgan fingerprint density at radius 3 is 2.31 bits per heavy atom. The zero-order chi connectivity index (χ0) is 34.6. The highest BCUT2D eigenvalue weighted by molar-refractivity contribution is 6.30. The number of benzene rings is 1. The number of nitrogens with zero attached hydrogens (tertiary/aromatic N) is 2. The van der Waals surface area contributed by atoms with E-state index in [1.165, 1.54) is 12.5 Å². The molecule has 4 saturated carbocycles. The summed E-state index contributed by atoms with van der Waals surface area (Å²) in [6.45, 7) is 17.9. The van der Waals surface area contributed by atoms with Gasteiger partial charge in [0.15, 0.2) is 11.9 Å². The number of halogens is 1. The number of Topliss-reactive ketones (excluding diaryl/α,β-unsaturated/α-hetero) is 1. The van der Waals surface area contributed by atoms with Crippen molar-refractivity contribution in [1.29, 1.82) is 0 Å². The number of hydrogen-bond acceptors (Lipinski definition) is 7. The molecular formula is C40H53ClN2O5. The van der Waals surface area contributed by atoms with Crippen LogP contribution in [0.5, 0.6) is 0 Å². The SMILES string of the molecule is CC(=O)O[C@@H](c1nnc(-c2ccc(Cl)cc2)o1)[C@@]12CC[C@]3(C)C(CC[C@@H]4[C@@]5(C)CC[C@H](O)C(C)(C)[C@@H]5CC[C@]43C)C1=C(C(C)C)C(=O)C2. The van der Waals surface area contributed by atoms with Crippen LogP contribution in [0.15, 0.2) is 39.8 Å². The van der Waals surface area contributed by atoms with Crippen molar-refractivity contribution in [3.8, 4) is 11.5 Å². The van der Waals surface area contributed by atoms with Gasteiger partial charge in [0, 0.05) is 29.3 Å². The highest BCUT2D eigenvalue weighted by Crippen LogP contribution is 2.77. The number of ether oxygens (including phenoxy) is 1. The van der Waals surface area contributed by atoms with Crippen molar-refractivity contribution in [1.82, 2.24) is 10.2 Å². The number of allylic oxidation sites excluding steroid dienone is 1. The lowest BCUT2D eigenvalue weighted by Crippen LogP contribution is -2.65. The number of carbonyl (C=O) groups excluding carboxylic acids is 2. The first-order valence-corrected chi connectivity index (χ1v) is 18.6. The van der Waals surface area contributed by atoms with Gasteiger partial charge in [0.05, 0.1) is 6.10 Å². The van der Waals surface area contributed by atoms with E-state index < -0.39 is 17.5 Å². The average molecular weight is 677 g/mol. The van der Waals surface area contributed by atoms with Gasteiger partial charge >= 0.3 is 5.97 Å². The third-order valence-electron chi connectivity index (χ3n) is 15.0. The molecule has 48 heavy (non-hydrogen) atoms. The lowest BCUT2D eigenvalue weighted by molar-refractivity contribution is -0.231. The summed E-state index contributed by atoms with van der Waals surface area (Å²) < 4.78 is 12.6. The summed E-state index contributed by atoms with van der Waals surface area (Å²) in [5.41, 5.74) is 2.17. The Bertz CT molecular complexity index is 1660. The van der Waals surface area contributed by atoms with E-state index in [-0.39, 0.29) is 57.7 Å². The zero-order valence-corrected chi connectivity index (χ0v) is 30.7. The lowest BCUT2D eigenvalue weighted by Gasteiger charge is -2.72. The summed E-state index contributed by atoms with van der Waals surface area (Å²) in [7, 11) is 0. The quantitative estimate of drug-likeness (QED) is 0.315. The molecule has 9 atom stereocenters. The summed E-state index contributed by atoms with van der Waals surface area (Å²) in [6.07, 6.45) is 7.05. The van der Waals surface area contributed by atoms with Gasteiger partial charge in [0.1, 0.15) is 0 Å². The summed E-state index contributed by atoms with van der Waals surface area (Å²) >= 11 is 6.13. The van der Waals surface area contributed by atoms with Crippen molar-refractivity contribution in [3.63, 3.8) is 0 Å². The van der Waals surface area contributed by atoms with Crippen LogP contribution in [0, 0.1) is 50.7 Å². The Morgan fingerprint density at radius 2 is 1.65 bits per heavy atom. The van der Waals surface area contributed by atoms with Gasteiger partial charge in [-0.3, -0.25) is 9.59 Å². The third kappa shape index (κ3) is 4.61.